The minimum Gasteiger partial charge on any atom is -0.464 e. The van der Waals surface area contributed by atoms with E-state index in [-0.39, 0.29) is 17.6 Å². The van der Waals surface area contributed by atoms with Crippen LogP contribution in [0.2, 0.25) is 0 Å². The molecule has 8 heteroatoms. The van der Waals surface area contributed by atoms with E-state index in [1.165, 1.54) is 0 Å². The normalized spacial score (nSPS) is 11.2. The van der Waals surface area contributed by atoms with Gasteiger partial charge in [-0.05, 0) is 20.8 Å². The van der Waals surface area contributed by atoms with Crippen molar-refractivity contribution >= 4 is 11.9 Å². The minimum atomic E-state index is -0.325. The Morgan fingerprint density at radius 3 is 2.44 bits per heavy atom. The van der Waals surface area contributed by atoms with Crippen molar-refractivity contribution in [2.75, 3.05) is 31.0 Å². The standard InChI is InChI=1S/C10H20N6O2/c1-5-18-9-14-7(13-8(15-9)16-11)12-6-10(2,3)17-4/h5-6,11H2,1-4H3,(H2,12,13,14,15,16). The third-order valence-electron chi connectivity index (χ3n) is 2.24. The predicted molar refractivity (Wildman–Crippen MR) is 68.4 cm³/mol. The first-order valence-corrected chi connectivity index (χ1v) is 5.65. The summed E-state index contributed by atoms with van der Waals surface area (Å²) in [6, 6.07) is 0.221. The van der Waals surface area contributed by atoms with E-state index in [0.717, 1.165) is 0 Å². The molecule has 1 rings (SSSR count). The molecule has 0 aliphatic rings. The number of hydrazine groups is 1. The van der Waals surface area contributed by atoms with E-state index in [1.807, 2.05) is 20.8 Å². The van der Waals surface area contributed by atoms with Gasteiger partial charge in [-0.2, -0.15) is 15.0 Å². The van der Waals surface area contributed by atoms with Crippen molar-refractivity contribution in [2.45, 2.75) is 26.4 Å². The Morgan fingerprint density at radius 2 is 1.89 bits per heavy atom. The Hall–Kier alpha value is -1.67. The van der Waals surface area contributed by atoms with Gasteiger partial charge in [0.15, 0.2) is 0 Å². The molecule has 1 heterocycles. The van der Waals surface area contributed by atoms with Gasteiger partial charge in [-0.25, -0.2) is 5.84 Å². The number of methoxy groups -OCH3 is 1. The van der Waals surface area contributed by atoms with Crippen molar-refractivity contribution in [3.63, 3.8) is 0 Å². The maximum atomic E-state index is 5.29. The van der Waals surface area contributed by atoms with Crippen LogP contribution in [-0.2, 0) is 4.74 Å². The molecule has 0 unspecified atom stereocenters. The summed E-state index contributed by atoms with van der Waals surface area (Å²) in [6.45, 7) is 6.76. The van der Waals surface area contributed by atoms with Gasteiger partial charge in [0.1, 0.15) is 0 Å². The lowest BCUT2D eigenvalue weighted by molar-refractivity contribution is 0.0342. The monoisotopic (exact) mass is 256 g/mol. The van der Waals surface area contributed by atoms with Gasteiger partial charge in [0, 0.05) is 13.7 Å². The van der Waals surface area contributed by atoms with Crippen LogP contribution in [0.25, 0.3) is 0 Å². The third kappa shape index (κ3) is 4.30. The smallest absolute Gasteiger partial charge is 0.323 e. The summed E-state index contributed by atoms with van der Waals surface area (Å²) in [7, 11) is 1.65. The zero-order valence-corrected chi connectivity index (χ0v) is 11.1. The zero-order valence-electron chi connectivity index (χ0n) is 11.1. The molecule has 0 bridgehead atoms. The number of rotatable bonds is 7. The molecule has 0 aliphatic carbocycles. The number of hydrogen-bond acceptors (Lipinski definition) is 8. The molecule has 0 amide bonds. The molecule has 1 aromatic heterocycles. The van der Waals surface area contributed by atoms with Crippen LogP contribution in [0.1, 0.15) is 20.8 Å². The fraction of sp³-hybridized carbons (Fsp3) is 0.700. The summed E-state index contributed by atoms with van der Waals surface area (Å²) in [5.41, 5.74) is 2.04. The average molecular weight is 256 g/mol. The van der Waals surface area contributed by atoms with Crippen LogP contribution >= 0.6 is 0 Å². The molecule has 0 saturated carbocycles. The van der Waals surface area contributed by atoms with Crippen LogP contribution in [0.3, 0.4) is 0 Å². The highest BCUT2D eigenvalue weighted by Crippen LogP contribution is 2.13. The average Bonchev–Trinajstić information content (AvgIpc) is 2.37. The number of anilines is 2. The van der Waals surface area contributed by atoms with Crippen molar-refractivity contribution in [1.29, 1.82) is 0 Å². The minimum absolute atomic E-state index is 0.221. The van der Waals surface area contributed by atoms with Crippen molar-refractivity contribution < 1.29 is 9.47 Å². The number of nitrogens with zero attached hydrogens (tertiary/aromatic N) is 3. The van der Waals surface area contributed by atoms with Crippen LogP contribution in [0.5, 0.6) is 6.01 Å². The second-order valence-electron chi connectivity index (χ2n) is 4.16. The van der Waals surface area contributed by atoms with E-state index in [0.29, 0.717) is 19.1 Å². The molecule has 18 heavy (non-hydrogen) atoms. The first-order chi connectivity index (χ1) is 8.50. The second-order valence-corrected chi connectivity index (χ2v) is 4.16. The Bertz CT molecular complexity index is 385. The lowest BCUT2D eigenvalue weighted by atomic mass is 10.1. The largest absolute Gasteiger partial charge is 0.464 e. The van der Waals surface area contributed by atoms with Gasteiger partial charge in [-0.1, -0.05) is 0 Å². The van der Waals surface area contributed by atoms with Crippen LogP contribution in [-0.4, -0.2) is 40.8 Å². The molecular formula is C10H20N6O2. The summed E-state index contributed by atoms with van der Waals surface area (Å²) in [6.07, 6.45) is 0. The number of ether oxygens (including phenoxy) is 2. The molecule has 4 N–H and O–H groups in total. The summed E-state index contributed by atoms with van der Waals surface area (Å²) < 4.78 is 10.5. The number of nitrogen functional groups attached to an aromatic ring is 1. The summed E-state index contributed by atoms with van der Waals surface area (Å²) in [4.78, 5) is 12.1. The molecule has 0 aromatic carbocycles. The Balaban J connectivity index is 2.78. The SMILES string of the molecule is CCOc1nc(NN)nc(NCC(C)(C)OC)n1. The Kier molecular flexibility index (Phi) is 5.05. The molecule has 1 aromatic rings. The molecule has 0 radical (unpaired) electrons. The highest BCUT2D eigenvalue weighted by Gasteiger charge is 2.17. The van der Waals surface area contributed by atoms with Crippen LogP contribution in [0.15, 0.2) is 0 Å². The molecule has 0 aliphatic heterocycles. The van der Waals surface area contributed by atoms with Gasteiger partial charge in [0.25, 0.3) is 0 Å². The van der Waals surface area contributed by atoms with Crippen molar-refractivity contribution in [2.24, 2.45) is 5.84 Å². The number of nitrogens with two attached hydrogens (primary N) is 1. The number of hydrogen-bond donors (Lipinski definition) is 3. The van der Waals surface area contributed by atoms with Gasteiger partial charge in [0.05, 0.1) is 12.2 Å². The number of nitrogens with one attached hydrogen (secondary N) is 2. The van der Waals surface area contributed by atoms with E-state index >= 15 is 0 Å². The van der Waals surface area contributed by atoms with Crippen molar-refractivity contribution in [3.05, 3.63) is 0 Å². The Labute approximate surface area is 106 Å². The van der Waals surface area contributed by atoms with E-state index in [4.69, 9.17) is 15.3 Å². The van der Waals surface area contributed by atoms with E-state index < -0.39 is 0 Å². The van der Waals surface area contributed by atoms with Crippen LogP contribution in [0.4, 0.5) is 11.9 Å². The van der Waals surface area contributed by atoms with E-state index in [2.05, 4.69) is 25.7 Å². The van der Waals surface area contributed by atoms with Gasteiger partial charge >= 0.3 is 6.01 Å². The van der Waals surface area contributed by atoms with Gasteiger partial charge in [0.2, 0.25) is 11.9 Å². The summed E-state index contributed by atoms with van der Waals surface area (Å²) in [5, 5.41) is 3.05. The third-order valence-corrected chi connectivity index (χ3v) is 2.24. The Morgan fingerprint density at radius 1 is 1.22 bits per heavy atom. The molecule has 0 spiro atoms. The molecule has 102 valence electrons. The van der Waals surface area contributed by atoms with Crippen molar-refractivity contribution in [3.8, 4) is 6.01 Å². The maximum absolute atomic E-state index is 5.29. The summed E-state index contributed by atoms with van der Waals surface area (Å²) >= 11 is 0. The van der Waals surface area contributed by atoms with Crippen molar-refractivity contribution in [1.82, 2.24) is 15.0 Å². The number of aromatic nitrogens is 3. The highest BCUT2D eigenvalue weighted by molar-refractivity contribution is 5.35. The van der Waals surface area contributed by atoms with Crippen LogP contribution in [0, 0.1) is 0 Å². The first-order valence-electron chi connectivity index (χ1n) is 5.65. The molecule has 0 atom stereocenters. The molecule has 0 saturated heterocycles. The quantitative estimate of drug-likeness (QED) is 0.475. The topological polar surface area (TPSA) is 107 Å². The van der Waals surface area contributed by atoms with Gasteiger partial charge < -0.3 is 14.8 Å². The van der Waals surface area contributed by atoms with Crippen LogP contribution < -0.4 is 21.3 Å². The fourth-order valence-electron chi connectivity index (χ4n) is 1.06. The lowest BCUT2D eigenvalue weighted by Gasteiger charge is -2.23. The van der Waals surface area contributed by atoms with Gasteiger partial charge in [-0.3, -0.25) is 5.43 Å². The second kappa shape index (κ2) is 6.31. The molecule has 0 fully saturated rings. The maximum Gasteiger partial charge on any atom is 0.323 e. The zero-order chi connectivity index (χ0) is 13.6. The first kappa shape index (κ1) is 14.4. The van der Waals surface area contributed by atoms with E-state index in [9.17, 15) is 0 Å². The lowest BCUT2D eigenvalue weighted by Crippen LogP contribution is -2.32. The molecule has 8 nitrogen and oxygen atoms in total. The predicted octanol–water partition coefficient (Wildman–Crippen LogP) is 0.393. The summed E-state index contributed by atoms with van der Waals surface area (Å²) in [5.74, 6) is 5.90. The fourth-order valence-corrected chi connectivity index (χ4v) is 1.06. The van der Waals surface area contributed by atoms with Gasteiger partial charge in [-0.15, -0.1) is 0 Å². The molecular weight excluding hydrogens is 236 g/mol. The van der Waals surface area contributed by atoms with E-state index in [1.54, 1.807) is 7.11 Å². The highest BCUT2D eigenvalue weighted by atomic mass is 16.5.